The van der Waals surface area contributed by atoms with Crippen molar-refractivity contribution in [2.45, 2.75) is 33.6 Å². The van der Waals surface area contributed by atoms with Crippen LogP contribution in [0.5, 0.6) is 0 Å². The fourth-order valence-corrected chi connectivity index (χ4v) is 2.86. The summed E-state index contributed by atoms with van der Waals surface area (Å²) in [5, 5.41) is 12.6. The largest absolute Gasteiger partial charge is 0.323 e. The molecule has 2 aromatic carbocycles. The number of amides is 2. The monoisotopic (exact) mass is 400 g/mol. The van der Waals surface area contributed by atoms with Crippen LogP contribution in [-0.4, -0.2) is 16.2 Å². The Bertz CT molecular complexity index is 1120. The number of halogens is 2. The molecule has 0 fully saturated rings. The Kier molecular flexibility index (Phi) is 5.63. The van der Waals surface area contributed by atoms with Crippen LogP contribution in [0.15, 0.2) is 41.2 Å². The third-order valence-electron chi connectivity index (χ3n) is 4.42. The molecule has 8 heteroatoms. The summed E-state index contributed by atoms with van der Waals surface area (Å²) in [6.07, 6.45) is 1.60. The number of fused-ring (bicyclic) bond motifs is 1. The summed E-state index contributed by atoms with van der Waals surface area (Å²) in [7, 11) is 0. The molecule has 152 valence electrons. The molecule has 6 nitrogen and oxygen atoms in total. The summed E-state index contributed by atoms with van der Waals surface area (Å²) in [4.78, 5) is 24.3. The van der Waals surface area contributed by atoms with E-state index in [9.17, 15) is 18.4 Å². The molecule has 0 radical (unpaired) electrons. The number of aromatic nitrogens is 2. The second kappa shape index (κ2) is 7.98. The Morgan fingerprint density at radius 3 is 2.52 bits per heavy atom. The van der Waals surface area contributed by atoms with Gasteiger partial charge in [-0.1, -0.05) is 26.8 Å². The topological polar surface area (TPSA) is 86.9 Å². The van der Waals surface area contributed by atoms with Crippen LogP contribution in [0.1, 0.15) is 32.9 Å². The van der Waals surface area contributed by atoms with Gasteiger partial charge in [0.2, 0.25) is 0 Å². The van der Waals surface area contributed by atoms with Gasteiger partial charge in [0.25, 0.3) is 5.56 Å². The van der Waals surface area contributed by atoms with Gasteiger partial charge in [0.1, 0.15) is 11.6 Å². The number of hydrogen-bond acceptors (Lipinski definition) is 3. The van der Waals surface area contributed by atoms with Crippen LogP contribution in [0, 0.1) is 17.0 Å². The van der Waals surface area contributed by atoms with Gasteiger partial charge >= 0.3 is 6.03 Å². The van der Waals surface area contributed by atoms with Gasteiger partial charge < -0.3 is 10.6 Å². The summed E-state index contributed by atoms with van der Waals surface area (Å²) in [6, 6.07) is 7.04. The number of urea groups is 1. The lowest BCUT2D eigenvalue weighted by Crippen LogP contribution is -2.20. The molecule has 0 atom stereocenters. The minimum Gasteiger partial charge on any atom is -0.308 e. The lowest BCUT2D eigenvalue weighted by Gasteiger charge is -2.17. The lowest BCUT2D eigenvalue weighted by molar-refractivity contribution is 0.262. The van der Waals surface area contributed by atoms with Crippen LogP contribution >= 0.6 is 0 Å². The van der Waals surface area contributed by atoms with Crippen molar-refractivity contribution in [3.63, 3.8) is 0 Å². The van der Waals surface area contributed by atoms with Crippen LogP contribution in [-0.2, 0) is 6.42 Å². The quantitative estimate of drug-likeness (QED) is 0.587. The third kappa shape index (κ3) is 5.16. The normalized spacial score (nSPS) is 11.5. The lowest BCUT2D eigenvalue weighted by atomic mass is 9.89. The Balaban J connectivity index is 1.81. The summed E-state index contributed by atoms with van der Waals surface area (Å²) >= 11 is 0. The molecule has 1 heterocycles. The minimum absolute atomic E-state index is 0.124. The Hall–Kier alpha value is -3.29. The smallest absolute Gasteiger partial charge is 0.308 e. The predicted octanol–water partition coefficient (Wildman–Crippen LogP) is 4.82. The van der Waals surface area contributed by atoms with E-state index < -0.39 is 17.7 Å². The average Bonchev–Trinajstić information content (AvgIpc) is 2.63. The Labute approximate surface area is 166 Å². The fourth-order valence-electron chi connectivity index (χ4n) is 2.86. The first-order valence-corrected chi connectivity index (χ1v) is 9.17. The number of aromatic amines is 1. The van der Waals surface area contributed by atoms with Gasteiger partial charge in [0.15, 0.2) is 0 Å². The SMILES string of the molecule is CC(C)(C)CCc1n[nH]c(=O)c2cc(NC(=O)Nc3ccc(F)cc3F)ccc12. The predicted molar refractivity (Wildman–Crippen MR) is 109 cm³/mol. The van der Waals surface area contributed by atoms with E-state index in [4.69, 9.17) is 0 Å². The van der Waals surface area contributed by atoms with Crippen LogP contribution < -0.4 is 16.2 Å². The van der Waals surface area contributed by atoms with Gasteiger partial charge in [-0.25, -0.2) is 18.7 Å². The van der Waals surface area contributed by atoms with E-state index in [2.05, 4.69) is 41.6 Å². The summed E-state index contributed by atoms with van der Waals surface area (Å²) in [5.74, 6) is -1.62. The molecule has 3 rings (SSSR count). The van der Waals surface area contributed by atoms with Crippen LogP contribution in [0.3, 0.4) is 0 Å². The molecule has 29 heavy (non-hydrogen) atoms. The number of nitrogens with one attached hydrogen (secondary N) is 3. The number of hydrogen-bond donors (Lipinski definition) is 3. The molecule has 0 saturated carbocycles. The number of rotatable bonds is 4. The van der Waals surface area contributed by atoms with Crippen LogP contribution in [0.25, 0.3) is 10.8 Å². The van der Waals surface area contributed by atoms with Crippen LogP contribution in [0.4, 0.5) is 25.0 Å². The highest BCUT2D eigenvalue weighted by atomic mass is 19.1. The van der Waals surface area contributed by atoms with E-state index >= 15 is 0 Å². The number of carbonyl (C=O) groups excluding carboxylic acids is 1. The van der Waals surface area contributed by atoms with E-state index in [0.717, 1.165) is 24.2 Å². The standard InChI is InChI=1S/C21H22F2N4O2/c1-21(2,3)9-8-17-14-6-5-13(11-15(14)19(28)27-26-17)24-20(29)25-18-7-4-12(22)10-16(18)23/h4-7,10-11H,8-9H2,1-3H3,(H,27,28)(H2,24,25,29). The third-order valence-corrected chi connectivity index (χ3v) is 4.42. The molecule has 0 aliphatic carbocycles. The van der Waals surface area contributed by atoms with Crippen molar-refractivity contribution in [2.75, 3.05) is 10.6 Å². The van der Waals surface area contributed by atoms with Crippen molar-refractivity contribution < 1.29 is 13.6 Å². The summed E-state index contributed by atoms with van der Waals surface area (Å²) in [5.41, 5.74) is 0.735. The molecule has 2 amide bonds. The number of benzene rings is 2. The summed E-state index contributed by atoms with van der Waals surface area (Å²) in [6.45, 7) is 6.39. The van der Waals surface area contributed by atoms with Crippen LogP contribution in [0.2, 0.25) is 0 Å². The molecule has 0 aliphatic heterocycles. The van der Waals surface area contributed by atoms with Gasteiger partial charge in [-0.05, 0) is 42.5 Å². The van der Waals surface area contributed by atoms with E-state index in [1.165, 1.54) is 6.07 Å². The van der Waals surface area contributed by atoms with Gasteiger partial charge in [-0.3, -0.25) is 4.79 Å². The molecule has 3 aromatic rings. The first-order valence-electron chi connectivity index (χ1n) is 9.17. The van der Waals surface area contributed by atoms with E-state index in [0.29, 0.717) is 28.9 Å². The number of anilines is 2. The highest BCUT2D eigenvalue weighted by Crippen LogP contribution is 2.24. The van der Waals surface area contributed by atoms with Gasteiger partial charge in [-0.15, -0.1) is 0 Å². The van der Waals surface area contributed by atoms with Crippen molar-refractivity contribution >= 4 is 28.2 Å². The molecule has 0 aliphatic rings. The second-order valence-corrected chi connectivity index (χ2v) is 8.02. The molecule has 0 bridgehead atoms. The fraction of sp³-hybridized carbons (Fsp3) is 0.286. The van der Waals surface area contributed by atoms with E-state index in [1.54, 1.807) is 12.1 Å². The maximum absolute atomic E-state index is 13.7. The zero-order valence-electron chi connectivity index (χ0n) is 16.4. The van der Waals surface area contributed by atoms with Crippen molar-refractivity contribution in [3.8, 4) is 0 Å². The van der Waals surface area contributed by atoms with Crippen molar-refractivity contribution in [1.82, 2.24) is 10.2 Å². The van der Waals surface area contributed by atoms with E-state index in [1.807, 2.05) is 0 Å². The van der Waals surface area contributed by atoms with Gasteiger partial charge in [0.05, 0.1) is 16.8 Å². The first-order chi connectivity index (χ1) is 13.6. The number of nitrogens with zero attached hydrogens (tertiary/aromatic N) is 1. The second-order valence-electron chi connectivity index (χ2n) is 8.02. The minimum atomic E-state index is -0.885. The molecule has 0 unspecified atom stereocenters. The van der Waals surface area contributed by atoms with Gasteiger partial charge in [-0.2, -0.15) is 5.10 Å². The van der Waals surface area contributed by atoms with Crippen molar-refractivity contribution in [3.05, 3.63) is 64.1 Å². The zero-order valence-corrected chi connectivity index (χ0v) is 16.4. The van der Waals surface area contributed by atoms with Gasteiger partial charge in [0, 0.05) is 17.1 Å². The highest BCUT2D eigenvalue weighted by molar-refractivity contribution is 6.01. The average molecular weight is 400 g/mol. The molecular weight excluding hydrogens is 378 g/mol. The van der Waals surface area contributed by atoms with E-state index in [-0.39, 0.29) is 16.7 Å². The Morgan fingerprint density at radius 1 is 1.07 bits per heavy atom. The zero-order chi connectivity index (χ0) is 21.2. The maximum Gasteiger partial charge on any atom is 0.323 e. The molecular formula is C21H22F2N4O2. The number of H-pyrrole nitrogens is 1. The Morgan fingerprint density at radius 2 is 1.83 bits per heavy atom. The highest BCUT2D eigenvalue weighted by Gasteiger charge is 2.14. The number of carbonyl (C=O) groups is 1. The number of aryl methyl sites for hydroxylation is 1. The summed E-state index contributed by atoms with van der Waals surface area (Å²) < 4.78 is 26.6. The maximum atomic E-state index is 13.7. The first kappa shape index (κ1) is 20.4. The van der Waals surface area contributed by atoms with Crippen molar-refractivity contribution in [2.24, 2.45) is 5.41 Å². The van der Waals surface area contributed by atoms with Crippen molar-refractivity contribution in [1.29, 1.82) is 0 Å². The molecule has 3 N–H and O–H groups in total. The molecule has 0 saturated heterocycles. The molecule has 0 spiro atoms. The molecule has 1 aromatic heterocycles.